The summed E-state index contributed by atoms with van der Waals surface area (Å²) in [7, 11) is 0. The van der Waals surface area contributed by atoms with Crippen LogP contribution in [-0.2, 0) is 18.3 Å². The smallest absolute Gasteiger partial charge is 0.186 e. The van der Waals surface area contributed by atoms with Gasteiger partial charge in [0.25, 0.3) is 0 Å². The number of rotatable bonds is 0. The lowest BCUT2D eigenvalue weighted by Gasteiger charge is -2.24. The molecule has 2 atom stereocenters. The highest BCUT2D eigenvalue weighted by atomic mass is 35.5. The van der Waals surface area contributed by atoms with E-state index in [1.165, 1.54) is 11.1 Å². The normalized spacial score (nSPS) is 25.5. The zero-order valence-electron chi connectivity index (χ0n) is 16.0. The van der Waals surface area contributed by atoms with Crippen LogP contribution in [-0.4, -0.2) is 16.4 Å². The number of Topliss-reactive ketones (excluding diaryl/α,β-unsaturated/α-hetero) is 2. The van der Waals surface area contributed by atoms with Crippen molar-refractivity contribution in [2.24, 2.45) is 5.92 Å². The molecule has 1 spiro atoms. The van der Waals surface area contributed by atoms with E-state index < -0.39 is 16.2 Å². The Kier molecular flexibility index (Phi) is 3.23. The average Bonchev–Trinajstić information content (AvgIpc) is 3.36. The van der Waals surface area contributed by atoms with Crippen molar-refractivity contribution in [3.63, 3.8) is 0 Å². The molecule has 3 aliphatic rings. The highest BCUT2D eigenvalue weighted by Crippen LogP contribution is 2.75. The Balaban J connectivity index is 1.72. The van der Waals surface area contributed by atoms with E-state index >= 15 is 0 Å². The van der Waals surface area contributed by atoms with Gasteiger partial charge >= 0.3 is 0 Å². The van der Waals surface area contributed by atoms with Crippen LogP contribution < -0.4 is 0 Å². The van der Waals surface area contributed by atoms with Gasteiger partial charge in [-0.2, -0.15) is 0 Å². The van der Waals surface area contributed by atoms with Gasteiger partial charge in [-0.25, -0.2) is 0 Å². The van der Waals surface area contributed by atoms with Crippen LogP contribution in [0.1, 0.15) is 48.5 Å². The topological polar surface area (TPSA) is 34.1 Å². The Morgan fingerprint density at radius 2 is 1.41 bits per heavy atom. The summed E-state index contributed by atoms with van der Waals surface area (Å²) in [6.07, 6.45) is 1.76. The van der Waals surface area contributed by atoms with Crippen LogP contribution in [0.5, 0.6) is 0 Å². The lowest BCUT2D eigenvalue weighted by molar-refractivity contribution is 0.0888. The zero-order chi connectivity index (χ0) is 20.0. The molecule has 3 heteroatoms. The summed E-state index contributed by atoms with van der Waals surface area (Å²) < 4.78 is 0. The van der Waals surface area contributed by atoms with Gasteiger partial charge in [-0.05, 0) is 47.6 Å². The summed E-state index contributed by atoms with van der Waals surface area (Å²) in [4.78, 5) is 26.3. The minimum absolute atomic E-state index is 0.000735. The maximum Gasteiger partial charge on any atom is 0.186 e. The number of aryl methyl sites for hydroxylation is 3. The van der Waals surface area contributed by atoms with Crippen LogP contribution in [0.15, 0.2) is 66.7 Å². The van der Waals surface area contributed by atoms with Crippen molar-refractivity contribution in [1.82, 2.24) is 0 Å². The molecule has 0 N–H and O–H groups in total. The van der Waals surface area contributed by atoms with Crippen LogP contribution in [0.25, 0.3) is 0 Å². The van der Waals surface area contributed by atoms with Gasteiger partial charge in [0.2, 0.25) is 0 Å². The largest absolute Gasteiger partial charge is 0.294 e. The maximum atomic E-state index is 13.8. The molecule has 3 aromatic carbocycles. The first-order chi connectivity index (χ1) is 14.0. The molecule has 1 saturated carbocycles. The van der Waals surface area contributed by atoms with E-state index in [-0.39, 0.29) is 11.6 Å². The van der Waals surface area contributed by atoms with Crippen LogP contribution in [0, 0.1) is 12.8 Å². The highest BCUT2D eigenvalue weighted by Gasteiger charge is 2.85. The fourth-order valence-electron chi connectivity index (χ4n) is 6.01. The third kappa shape index (κ3) is 1.80. The SMILES string of the molecule is Cc1cccc2c1C(=O)C1C(Cl)(C2=O)C12c1ccccc1CCc1ccccc12. The minimum atomic E-state index is -1.26. The summed E-state index contributed by atoms with van der Waals surface area (Å²) in [6.45, 7) is 1.90. The summed E-state index contributed by atoms with van der Waals surface area (Å²) >= 11 is 7.26. The van der Waals surface area contributed by atoms with E-state index in [0.717, 1.165) is 29.5 Å². The van der Waals surface area contributed by atoms with Crippen molar-refractivity contribution >= 4 is 23.2 Å². The van der Waals surface area contributed by atoms with Gasteiger partial charge in [0, 0.05) is 11.1 Å². The number of carbonyl (C=O) groups is 2. The fraction of sp³-hybridized carbons (Fsp3) is 0.231. The summed E-state index contributed by atoms with van der Waals surface area (Å²) in [5.41, 5.74) is 5.50. The molecule has 3 aliphatic carbocycles. The third-order valence-electron chi connectivity index (χ3n) is 7.23. The molecule has 0 aromatic heterocycles. The molecule has 3 aromatic rings. The van der Waals surface area contributed by atoms with Crippen molar-refractivity contribution in [3.8, 4) is 0 Å². The quantitative estimate of drug-likeness (QED) is 0.495. The van der Waals surface area contributed by atoms with Crippen LogP contribution in [0.4, 0.5) is 0 Å². The number of benzene rings is 3. The Morgan fingerprint density at radius 1 is 0.828 bits per heavy atom. The van der Waals surface area contributed by atoms with Gasteiger partial charge in [-0.3, -0.25) is 9.59 Å². The zero-order valence-corrected chi connectivity index (χ0v) is 16.8. The van der Waals surface area contributed by atoms with E-state index in [1.807, 2.05) is 43.3 Å². The van der Waals surface area contributed by atoms with Crippen LogP contribution in [0.2, 0.25) is 0 Å². The van der Waals surface area contributed by atoms with Crippen molar-refractivity contribution < 1.29 is 9.59 Å². The van der Waals surface area contributed by atoms with Crippen LogP contribution >= 0.6 is 11.6 Å². The first-order valence-electron chi connectivity index (χ1n) is 10.1. The number of hydrogen-bond acceptors (Lipinski definition) is 2. The van der Waals surface area contributed by atoms with E-state index in [4.69, 9.17) is 11.6 Å². The predicted molar refractivity (Wildman–Crippen MR) is 113 cm³/mol. The Labute approximate surface area is 174 Å². The maximum absolute atomic E-state index is 13.8. The third-order valence-corrected chi connectivity index (χ3v) is 7.91. The second-order valence-corrected chi connectivity index (χ2v) is 9.05. The van der Waals surface area contributed by atoms with Gasteiger partial charge in [0.15, 0.2) is 11.6 Å². The molecule has 1 fully saturated rings. The summed E-state index contributed by atoms with van der Waals surface area (Å²) in [5, 5.41) is 0. The molecule has 29 heavy (non-hydrogen) atoms. The minimum Gasteiger partial charge on any atom is -0.294 e. The molecule has 2 unspecified atom stereocenters. The molecular weight excluding hydrogens is 380 g/mol. The summed E-state index contributed by atoms with van der Waals surface area (Å²) in [5.74, 6) is -0.689. The Hall–Kier alpha value is -2.71. The average molecular weight is 399 g/mol. The van der Waals surface area contributed by atoms with Crippen molar-refractivity contribution in [2.75, 3.05) is 0 Å². The monoisotopic (exact) mass is 398 g/mol. The first kappa shape index (κ1) is 17.2. The number of carbonyl (C=O) groups excluding carboxylic acids is 2. The van der Waals surface area contributed by atoms with Gasteiger partial charge in [0.05, 0.1) is 11.3 Å². The lowest BCUT2D eigenvalue weighted by atomic mass is 9.80. The molecule has 0 radical (unpaired) electrons. The number of ketones is 2. The van der Waals surface area contributed by atoms with E-state index in [0.29, 0.717) is 11.1 Å². The molecular formula is C26H19ClO2. The second kappa shape index (κ2) is 5.46. The van der Waals surface area contributed by atoms with Crippen molar-refractivity contribution in [2.45, 2.75) is 30.1 Å². The van der Waals surface area contributed by atoms with Crippen molar-refractivity contribution in [3.05, 3.63) is 106 Å². The first-order valence-corrected chi connectivity index (χ1v) is 10.4. The molecule has 2 nitrogen and oxygen atoms in total. The van der Waals surface area contributed by atoms with E-state index in [1.54, 1.807) is 6.07 Å². The van der Waals surface area contributed by atoms with Crippen molar-refractivity contribution in [1.29, 1.82) is 0 Å². The number of halogens is 1. The molecule has 0 saturated heterocycles. The van der Waals surface area contributed by atoms with Gasteiger partial charge in [0.1, 0.15) is 4.87 Å². The Bertz CT molecular complexity index is 1190. The predicted octanol–water partition coefficient (Wildman–Crippen LogP) is 5.07. The molecule has 0 aliphatic heterocycles. The second-order valence-electron chi connectivity index (χ2n) is 8.46. The highest BCUT2D eigenvalue weighted by molar-refractivity contribution is 6.48. The lowest BCUT2D eigenvalue weighted by Crippen LogP contribution is -2.32. The summed E-state index contributed by atoms with van der Waals surface area (Å²) in [6, 6.07) is 21.9. The van der Waals surface area contributed by atoms with E-state index in [2.05, 4.69) is 24.3 Å². The molecule has 0 bridgehead atoms. The van der Waals surface area contributed by atoms with E-state index in [9.17, 15) is 9.59 Å². The fourth-order valence-corrected chi connectivity index (χ4v) is 6.64. The van der Waals surface area contributed by atoms with Gasteiger partial charge < -0.3 is 0 Å². The van der Waals surface area contributed by atoms with Crippen LogP contribution in [0.3, 0.4) is 0 Å². The molecule has 142 valence electrons. The molecule has 6 rings (SSSR count). The van der Waals surface area contributed by atoms with Gasteiger partial charge in [-0.15, -0.1) is 11.6 Å². The molecule has 0 amide bonds. The number of hydrogen-bond donors (Lipinski definition) is 0. The number of alkyl halides is 1. The number of fused-ring (bicyclic) bond motifs is 8. The van der Waals surface area contributed by atoms with Gasteiger partial charge in [-0.1, -0.05) is 66.7 Å². The molecule has 0 heterocycles. The standard InChI is InChI=1S/C26H19ClO2/c1-15-7-6-10-18-21(15)22(28)23-25(26(23,27)24(18)29)19-11-4-2-8-16(19)13-14-17-9-3-5-12-20(17)25/h2-12,23H,13-14H2,1H3. The Morgan fingerprint density at radius 3 is 2.03 bits per heavy atom.